The van der Waals surface area contributed by atoms with Crippen molar-refractivity contribution in [1.29, 1.82) is 0 Å². The van der Waals surface area contributed by atoms with Crippen LogP contribution >= 0.6 is 11.6 Å². The summed E-state index contributed by atoms with van der Waals surface area (Å²) >= 11 is 5.82. The first-order valence-corrected chi connectivity index (χ1v) is 4.03. The van der Waals surface area contributed by atoms with Crippen molar-refractivity contribution < 1.29 is 5.11 Å². The molecule has 1 N–H and O–H groups in total. The van der Waals surface area contributed by atoms with Gasteiger partial charge >= 0.3 is 0 Å². The van der Waals surface area contributed by atoms with Crippen molar-refractivity contribution in [3.63, 3.8) is 0 Å². The smallest absolute Gasteiger partial charge is 0.171 e. The number of nitrogens with zero attached hydrogens (tertiary/aromatic N) is 3. The fraction of sp³-hybridized carbons (Fsp3) is 0.571. The van der Waals surface area contributed by atoms with Gasteiger partial charge in [-0.2, -0.15) is 0 Å². The maximum atomic E-state index is 8.72. The van der Waals surface area contributed by atoms with E-state index in [1.54, 1.807) is 6.33 Å². The molecule has 0 aliphatic carbocycles. The van der Waals surface area contributed by atoms with Crippen LogP contribution in [0.3, 0.4) is 0 Å². The van der Waals surface area contributed by atoms with Crippen molar-refractivity contribution in [2.45, 2.75) is 6.54 Å². The van der Waals surface area contributed by atoms with Gasteiger partial charge in [0.2, 0.25) is 0 Å². The van der Waals surface area contributed by atoms with Crippen LogP contribution in [0.15, 0.2) is 6.33 Å². The molecule has 4 nitrogen and oxygen atoms in total. The number of imidazole rings is 1. The van der Waals surface area contributed by atoms with Crippen LogP contribution in [0, 0.1) is 0 Å². The molecule has 0 unspecified atom stereocenters. The number of anilines is 1. The summed E-state index contributed by atoms with van der Waals surface area (Å²) in [4.78, 5) is 5.80. The van der Waals surface area contributed by atoms with Crippen LogP contribution in [0.4, 0.5) is 5.82 Å². The van der Waals surface area contributed by atoms with E-state index in [0.717, 1.165) is 5.82 Å². The molecule has 68 valence electrons. The standard InChI is InChI=1S/C7H12ClN3O/c1-10(2)7-6(8)9-5-11(7)3-4-12/h5,12H,3-4H2,1-2H3. The molecule has 0 bridgehead atoms. The van der Waals surface area contributed by atoms with Crippen molar-refractivity contribution in [2.75, 3.05) is 25.6 Å². The van der Waals surface area contributed by atoms with Crippen LogP contribution in [0.5, 0.6) is 0 Å². The van der Waals surface area contributed by atoms with E-state index in [9.17, 15) is 0 Å². The second-order valence-electron chi connectivity index (χ2n) is 2.67. The second-order valence-corrected chi connectivity index (χ2v) is 3.03. The fourth-order valence-electron chi connectivity index (χ4n) is 1.06. The number of aliphatic hydroxyl groups is 1. The van der Waals surface area contributed by atoms with Crippen molar-refractivity contribution in [1.82, 2.24) is 9.55 Å². The van der Waals surface area contributed by atoms with Crippen LogP contribution < -0.4 is 4.90 Å². The highest BCUT2D eigenvalue weighted by Gasteiger charge is 2.09. The Labute approximate surface area is 76.4 Å². The number of rotatable bonds is 3. The normalized spacial score (nSPS) is 10.3. The lowest BCUT2D eigenvalue weighted by Crippen LogP contribution is -2.15. The molecule has 0 saturated carbocycles. The third-order valence-corrected chi connectivity index (χ3v) is 1.80. The van der Waals surface area contributed by atoms with Gasteiger partial charge < -0.3 is 14.6 Å². The number of aliphatic hydroxyl groups excluding tert-OH is 1. The fourth-order valence-corrected chi connectivity index (χ4v) is 1.39. The van der Waals surface area contributed by atoms with Gasteiger partial charge in [-0.25, -0.2) is 4.98 Å². The van der Waals surface area contributed by atoms with Crippen molar-refractivity contribution in [3.8, 4) is 0 Å². The first kappa shape index (κ1) is 9.35. The molecule has 0 aromatic carbocycles. The van der Waals surface area contributed by atoms with Gasteiger partial charge in [0.05, 0.1) is 12.9 Å². The van der Waals surface area contributed by atoms with E-state index in [4.69, 9.17) is 16.7 Å². The zero-order valence-corrected chi connectivity index (χ0v) is 7.91. The third kappa shape index (κ3) is 1.70. The summed E-state index contributed by atoms with van der Waals surface area (Å²) in [5, 5.41) is 9.19. The predicted molar refractivity (Wildman–Crippen MR) is 48.6 cm³/mol. The largest absolute Gasteiger partial charge is 0.395 e. The molecule has 12 heavy (non-hydrogen) atoms. The summed E-state index contributed by atoms with van der Waals surface area (Å²) in [5.74, 6) is 0.825. The van der Waals surface area contributed by atoms with Gasteiger partial charge in [0, 0.05) is 20.6 Å². The van der Waals surface area contributed by atoms with Crippen molar-refractivity contribution >= 4 is 17.4 Å². The molecule has 1 aromatic rings. The average Bonchev–Trinajstić information content (AvgIpc) is 2.32. The van der Waals surface area contributed by atoms with Gasteiger partial charge in [0.25, 0.3) is 0 Å². The van der Waals surface area contributed by atoms with E-state index in [1.165, 1.54) is 0 Å². The summed E-state index contributed by atoms with van der Waals surface area (Å²) in [7, 11) is 3.77. The minimum atomic E-state index is 0.0908. The summed E-state index contributed by atoms with van der Waals surface area (Å²) in [6, 6.07) is 0. The molecule has 0 aliphatic heterocycles. The molecule has 0 aliphatic rings. The highest BCUT2D eigenvalue weighted by atomic mass is 35.5. The molecule has 0 amide bonds. The Morgan fingerprint density at radius 3 is 2.83 bits per heavy atom. The highest BCUT2D eigenvalue weighted by Crippen LogP contribution is 2.21. The predicted octanol–water partition coefficient (Wildman–Crippen LogP) is 0.595. The van der Waals surface area contributed by atoms with Gasteiger partial charge in [0.1, 0.15) is 5.82 Å². The van der Waals surface area contributed by atoms with Crippen LogP contribution in [0.1, 0.15) is 0 Å². The summed E-state index contributed by atoms with van der Waals surface area (Å²) in [6.45, 7) is 0.612. The molecule has 0 radical (unpaired) electrons. The summed E-state index contributed by atoms with van der Waals surface area (Å²) in [6.07, 6.45) is 1.62. The number of hydrogen-bond donors (Lipinski definition) is 1. The molecular weight excluding hydrogens is 178 g/mol. The van der Waals surface area contributed by atoms with E-state index in [0.29, 0.717) is 11.7 Å². The summed E-state index contributed by atoms with van der Waals surface area (Å²) < 4.78 is 1.81. The lowest BCUT2D eigenvalue weighted by molar-refractivity contribution is 0.276. The van der Waals surface area contributed by atoms with Gasteiger partial charge in [0.15, 0.2) is 5.15 Å². The molecular formula is C7H12ClN3O. The molecule has 5 heteroatoms. The number of aromatic nitrogens is 2. The molecule has 0 atom stereocenters. The van der Waals surface area contributed by atoms with Crippen molar-refractivity contribution in [2.24, 2.45) is 0 Å². The first-order chi connectivity index (χ1) is 5.66. The number of hydrogen-bond acceptors (Lipinski definition) is 3. The maximum Gasteiger partial charge on any atom is 0.171 e. The molecule has 1 aromatic heterocycles. The minimum Gasteiger partial charge on any atom is -0.395 e. The average molecular weight is 190 g/mol. The quantitative estimate of drug-likeness (QED) is 0.757. The van der Waals surface area contributed by atoms with Crippen LogP contribution in [-0.2, 0) is 6.54 Å². The zero-order chi connectivity index (χ0) is 9.14. The minimum absolute atomic E-state index is 0.0908. The maximum absolute atomic E-state index is 8.72. The molecule has 0 spiro atoms. The molecule has 0 saturated heterocycles. The van der Waals surface area contributed by atoms with Crippen LogP contribution in [0.25, 0.3) is 0 Å². The highest BCUT2D eigenvalue weighted by molar-refractivity contribution is 6.31. The zero-order valence-electron chi connectivity index (χ0n) is 7.16. The Kier molecular flexibility index (Phi) is 2.94. The van der Waals surface area contributed by atoms with Gasteiger partial charge in [-0.1, -0.05) is 11.6 Å². The Morgan fingerprint density at radius 2 is 2.33 bits per heavy atom. The number of halogens is 1. The topological polar surface area (TPSA) is 41.3 Å². The second kappa shape index (κ2) is 3.78. The van der Waals surface area contributed by atoms with Gasteiger partial charge in [-0.3, -0.25) is 0 Å². The van der Waals surface area contributed by atoms with E-state index in [2.05, 4.69) is 4.98 Å². The first-order valence-electron chi connectivity index (χ1n) is 3.65. The lowest BCUT2D eigenvalue weighted by atomic mass is 10.6. The summed E-state index contributed by atoms with van der Waals surface area (Å²) in [5.41, 5.74) is 0. The molecule has 0 fully saturated rings. The van der Waals surface area contributed by atoms with Gasteiger partial charge in [-0.05, 0) is 0 Å². The molecule has 1 rings (SSSR count). The Morgan fingerprint density at radius 1 is 1.67 bits per heavy atom. The molecule has 1 heterocycles. The van der Waals surface area contributed by atoms with E-state index < -0.39 is 0 Å². The van der Waals surface area contributed by atoms with Crippen molar-refractivity contribution in [3.05, 3.63) is 11.5 Å². The Hall–Kier alpha value is -0.740. The van der Waals surface area contributed by atoms with E-state index in [-0.39, 0.29) is 6.61 Å². The van der Waals surface area contributed by atoms with Gasteiger partial charge in [-0.15, -0.1) is 0 Å². The third-order valence-electron chi connectivity index (χ3n) is 1.53. The van der Waals surface area contributed by atoms with Crippen LogP contribution in [-0.4, -0.2) is 35.4 Å². The van der Waals surface area contributed by atoms with Crippen LogP contribution in [0.2, 0.25) is 5.15 Å². The Balaban J connectivity index is 2.95. The van der Waals surface area contributed by atoms with E-state index >= 15 is 0 Å². The lowest BCUT2D eigenvalue weighted by Gasteiger charge is -2.14. The Bertz CT molecular complexity index is 259. The SMILES string of the molecule is CN(C)c1c(Cl)ncn1CCO. The van der Waals surface area contributed by atoms with E-state index in [1.807, 2.05) is 23.6 Å². The monoisotopic (exact) mass is 189 g/mol.